The Balaban J connectivity index is 1.55. The minimum Gasteiger partial charge on any atom is -0.360 e. The van der Waals surface area contributed by atoms with Crippen LogP contribution in [0.3, 0.4) is 0 Å². The molecule has 0 bridgehead atoms. The molecular weight excluding hydrogens is 316 g/mol. The number of hydrogen-bond donors (Lipinski definition) is 3. The highest BCUT2D eigenvalue weighted by atomic mass is 15.5. The predicted octanol–water partition coefficient (Wildman–Crippen LogP) is 3.10. The second kappa shape index (κ2) is 6.73. The first-order chi connectivity index (χ1) is 12.3. The van der Waals surface area contributed by atoms with Gasteiger partial charge in [-0.15, -0.1) is 10.2 Å². The summed E-state index contributed by atoms with van der Waals surface area (Å²) < 4.78 is 0. The molecule has 2 heterocycles. The SMILES string of the molecule is N#CC(=CNc1ccc2nc(C3CCCCC3)[nH]c2c1)c1nn[nH]n1. The number of tetrazole rings is 1. The third-order valence-corrected chi connectivity index (χ3v) is 4.58. The van der Waals surface area contributed by atoms with Gasteiger partial charge >= 0.3 is 0 Å². The maximum Gasteiger partial charge on any atom is 0.216 e. The summed E-state index contributed by atoms with van der Waals surface area (Å²) in [7, 11) is 0. The summed E-state index contributed by atoms with van der Waals surface area (Å²) in [4.78, 5) is 8.20. The van der Waals surface area contributed by atoms with Gasteiger partial charge in [-0.05, 0) is 36.3 Å². The molecular formula is C17H18N8. The van der Waals surface area contributed by atoms with Crippen LogP contribution in [-0.4, -0.2) is 30.6 Å². The molecule has 4 rings (SSSR count). The summed E-state index contributed by atoms with van der Waals surface area (Å²) in [6.45, 7) is 0. The van der Waals surface area contributed by atoms with E-state index in [1.807, 2.05) is 18.2 Å². The van der Waals surface area contributed by atoms with Crippen LogP contribution in [-0.2, 0) is 0 Å². The van der Waals surface area contributed by atoms with E-state index >= 15 is 0 Å². The van der Waals surface area contributed by atoms with Crippen LogP contribution in [0.25, 0.3) is 16.6 Å². The Morgan fingerprint density at radius 2 is 2.16 bits per heavy atom. The number of imidazole rings is 1. The van der Waals surface area contributed by atoms with Gasteiger partial charge in [-0.2, -0.15) is 10.5 Å². The molecule has 0 atom stereocenters. The molecule has 0 unspecified atom stereocenters. The number of fused-ring (bicyclic) bond motifs is 1. The normalized spacial score (nSPS) is 16.0. The van der Waals surface area contributed by atoms with Crippen molar-refractivity contribution in [2.24, 2.45) is 0 Å². The van der Waals surface area contributed by atoms with E-state index < -0.39 is 0 Å². The quantitative estimate of drug-likeness (QED) is 0.631. The first-order valence-electron chi connectivity index (χ1n) is 8.44. The molecule has 0 amide bonds. The summed E-state index contributed by atoms with van der Waals surface area (Å²) in [5.41, 5.74) is 3.13. The zero-order valence-electron chi connectivity index (χ0n) is 13.7. The monoisotopic (exact) mass is 334 g/mol. The van der Waals surface area contributed by atoms with Crippen LogP contribution in [0, 0.1) is 11.3 Å². The summed E-state index contributed by atoms with van der Waals surface area (Å²) >= 11 is 0. The van der Waals surface area contributed by atoms with E-state index in [-0.39, 0.29) is 5.82 Å². The Hall–Kier alpha value is -3.21. The number of hydrogen-bond acceptors (Lipinski definition) is 6. The van der Waals surface area contributed by atoms with Gasteiger partial charge in [0.1, 0.15) is 17.5 Å². The number of aromatic nitrogens is 6. The van der Waals surface area contributed by atoms with E-state index in [1.54, 1.807) is 6.20 Å². The highest BCUT2D eigenvalue weighted by Gasteiger charge is 2.18. The van der Waals surface area contributed by atoms with Gasteiger partial charge in [-0.3, -0.25) is 0 Å². The third-order valence-electron chi connectivity index (χ3n) is 4.58. The molecule has 8 heteroatoms. The lowest BCUT2D eigenvalue weighted by molar-refractivity contribution is 0.431. The average Bonchev–Trinajstić information content (AvgIpc) is 3.32. The van der Waals surface area contributed by atoms with Crippen molar-refractivity contribution in [1.29, 1.82) is 5.26 Å². The number of anilines is 1. The van der Waals surface area contributed by atoms with E-state index in [1.165, 1.54) is 32.1 Å². The summed E-state index contributed by atoms with van der Waals surface area (Å²) in [5, 5.41) is 25.7. The summed E-state index contributed by atoms with van der Waals surface area (Å²) in [6, 6.07) is 7.97. The Bertz CT molecular complexity index is 925. The van der Waals surface area contributed by atoms with Crippen LogP contribution in [0.4, 0.5) is 5.69 Å². The largest absolute Gasteiger partial charge is 0.360 e. The number of nitrogens with one attached hydrogen (secondary N) is 3. The number of H-pyrrole nitrogens is 2. The van der Waals surface area contributed by atoms with E-state index in [0.29, 0.717) is 11.5 Å². The Kier molecular flexibility index (Phi) is 4.12. The van der Waals surface area contributed by atoms with E-state index in [2.05, 4.69) is 37.0 Å². The molecule has 1 fully saturated rings. The molecule has 1 aliphatic rings. The number of aromatic amines is 2. The second-order valence-electron chi connectivity index (χ2n) is 6.24. The maximum absolute atomic E-state index is 9.20. The van der Waals surface area contributed by atoms with Crippen molar-refractivity contribution in [1.82, 2.24) is 30.6 Å². The highest BCUT2D eigenvalue weighted by molar-refractivity contribution is 5.81. The summed E-state index contributed by atoms with van der Waals surface area (Å²) in [5.74, 6) is 1.89. The zero-order chi connectivity index (χ0) is 17.1. The molecule has 3 N–H and O–H groups in total. The van der Waals surface area contributed by atoms with Crippen LogP contribution < -0.4 is 5.32 Å². The van der Waals surface area contributed by atoms with Crippen LogP contribution >= 0.6 is 0 Å². The fourth-order valence-corrected chi connectivity index (χ4v) is 3.27. The zero-order valence-corrected chi connectivity index (χ0v) is 13.7. The van der Waals surface area contributed by atoms with Gasteiger partial charge in [0.25, 0.3) is 0 Å². The topological polar surface area (TPSA) is 119 Å². The third kappa shape index (κ3) is 3.21. The second-order valence-corrected chi connectivity index (χ2v) is 6.24. The van der Waals surface area contributed by atoms with E-state index in [4.69, 9.17) is 4.98 Å². The number of rotatable bonds is 4. The van der Waals surface area contributed by atoms with E-state index in [9.17, 15) is 5.26 Å². The van der Waals surface area contributed by atoms with Crippen LogP contribution in [0.5, 0.6) is 0 Å². The van der Waals surface area contributed by atoms with Gasteiger partial charge in [0.2, 0.25) is 5.82 Å². The van der Waals surface area contributed by atoms with Gasteiger partial charge in [0.05, 0.1) is 11.0 Å². The fraction of sp³-hybridized carbons (Fsp3) is 0.353. The average molecular weight is 334 g/mol. The molecule has 0 spiro atoms. The molecule has 1 aliphatic carbocycles. The Morgan fingerprint density at radius 3 is 2.92 bits per heavy atom. The molecule has 0 aliphatic heterocycles. The van der Waals surface area contributed by atoms with Gasteiger partial charge < -0.3 is 10.3 Å². The minimum atomic E-state index is 0.261. The number of nitrogens with zero attached hydrogens (tertiary/aromatic N) is 5. The van der Waals surface area contributed by atoms with Crippen molar-refractivity contribution >= 4 is 22.3 Å². The number of benzene rings is 1. The molecule has 2 aromatic heterocycles. The Labute approximate surface area is 144 Å². The predicted molar refractivity (Wildman–Crippen MR) is 93.3 cm³/mol. The molecule has 1 aromatic carbocycles. The van der Waals surface area contributed by atoms with Crippen LogP contribution in [0.2, 0.25) is 0 Å². The van der Waals surface area contributed by atoms with Crippen molar-refractivity contribution in [3.05, 3.63) is 36.0 Å². The molecule has 0 saturated heterocycles. The van der Waals surface area contributed by atoms with Crippen molar-refractivity contribution in [3.63, 3.8) is 0 Å². The van der Waals surface area contributed by atoms with Crippen molar-refractivity contribution in [2.45, 2.75) is 38.0 Å². The lowest BCUT2D eigenvalue weighted by Crippen LogP contribution is -2.05. The fourth-order valence-electron chi connectivity index (χ4n) is 3.27. The van der Waals surface area contributed by atoms with Gasteiger partial charge in [0, 0.05) is 17.8 Å². The number of allylic oxidation sites excluding steroid dienone is 1. The van der Waals surface area contributed by atoms with E-state index in [0.717, 1.165) is 22.5 Å². The minimum absolute atomic E-state index is 0.261. The molecule has 25 heavy (non-hydrogen) atoms. The summed E-state index contributed by atoms with van der Waals surface area (Å²) in [6.07, 6.45) is 7.90. The van der Waals surface area contributed by atoms with Crippen molar-refractivity contribution in [2.75, 3.05) is 5.32 Å². The molecule has 0 radical (unpaired) electrons. The number of nitriles is 1. The highest BCUT2D eigenvalue weighted by Crippen LogP contribution is 2.32. The molecule has 1 saturated carbocycles. The first kappa shape index (κ1) is 15.3. The van der Waals surface area contributed by atoms with Crippen LogP contribution in [0.15, 0.2) is 24.4 Å². The van der Waals surface area contributed by atoms with Crippen molar-refractivity contribution in [3.8, 4) is 6.07 Å². The standard InChI is InChI=1S/C17H18N8/c18-9-12(17-22-24-25-23-17)10-19-13-6-7-14-15(8-13)21-16(20-14)11-4-2-1-3-5-11/h6-8,10-11,19H,1-5H2,(H,20,21)(H,22,23,24,25). The first-order valence-corrected chi connectivity index (χ1v) is 8.44. The lowest BCUT2D eigenvalue weighted by atomic mass is 9.89. The lowest BCUT2D eigenvalue weighted by Gasteiger charge is -2.18. The van der Waals surface area contributed by atoms with Crippen molar-refractivity contribution < 1.29 is 0 Å². The maximum atomic E-state index is 9.20. The van der Waals surface area contributed by atoms with Gasteiger partial charge in [-0.1, -0.05) is 19.3 Å². The Morgan fingerprint density at radius 1 is 1.28 bits per heavy atom. The van der Waals surface area contributed by atoms with Gasteiger partial charge in [0.15, 0.2) is 0 Å². The van der Waals surface area contributed by atoms with Crippen LogP contribution in [0.1, 0.15) is 49.7 Å². The molecule has 8 nitrogen and oxygen atoms in total. The van der Waals surface area contributed by atoms with Gasteiger partial charge in [-0.25, -0.2) is 4.98 Å². The molecule has 3 aromatic rings. The smallest absolute Gasteiger partial charge is 0.216 e. The molecule has 126 valence electrons.